The molecule has 6 nitrogen and oxygen atoms in total. The number of Topliss-reactive ketones (excluding diaryl/α,β-unsaturated/α-hetero) is 1. The molecule has 1 saturated heterocycles. The highest BCUT2D eigenvalue weighted by molar-refractivity contribution is 5.95. The molecule has 1 atom stereocenters. The molecule has 0 aromatic heterocycles. The molecule has 0 saturated carbocycles. The van der Waals surface area contributed by atoms with E-state index >= 15 is 0 Å². The summed E-state index contributed by atoms with van der Waals surface area (Å²) < 4.78 is 42.5. The van der Waals surface area contributed by atoms with Crippen molar-refractivity contribution in [3.63, 3.8) is 0 Å². The van der Waals surface area contributed by atoms with Crippen LogP contribution in [0.5, 0.6) is 11.5 Å². The highest BCUT2D eigenvalue weighted by Crippen LogP contribution is 2.39. The van der Waals surface area contributed by atoms with Crippen LogP contribution in [0.2, 0.25) is 0 Å². The van der Waals surface area contributed by atoms with E-state index in [2.05, 4.69) is 6.07 Å². The first-order chi connectivity index (χ1) is 19.5. The minimum atomic E-state index is -0.525. The lowest BCUT2D eigenvalue weighted by atomic mass is 9.76. The summed E-state index contributed by atoms with van der Waals surface area (Å²) in [6, 6.07) is 19.8. The molecule has 3 aromatic carbocycles. The van der Waals surface area contributed by atoms with Crippen LogP contribution in [0.25, 0.3) is 0 Å². The topological polar surface area (TPSA) is 65.1 Å². The summed E-state index contributed by atoms with van der Waals surface area (Å²) in [5.74, 6) is 1.24. The first-order valence-electron chi connectivity index (χ1n) is 13.7. The highest BCUT2D eigenvalue weighted by Gasteiger charge is 2.31. The summed E-state index contributed by atoms with van der Waals surface area (Å²) in [7, 11) is 0. The first kappa shape index (κ1) is 27.8. The molecule has 1 amide bonds. The number of alkyl halides is 1. The van der Waals surface area contributed by atoms with E-state index < -0.39 is 6.67 Å². The number of hydrogen-bond acceptors (Lipinski definition) is 5. The third kappa shape index (κ3) is 6.67. The zero-order valence-electron chi connectivity index (χ0n) is 22.3. The SMILES string of the molecule is O=C1COc2ccc(C(=O)N3CCC([C@@H](c4ccc(F)cc4)c4cccc(OCCOCCF)c4)CC3)cc2C1. The Morgan fingerprint density at radius 1 is 0.975 bits per heavy atom. The van der Waals surface area contributed by atoms with E-state index in [4.69, 9.17) is 14.2 Å². The van der Waals surface area contributed by atoms with Gasteiger partial charge in [-0.25, -0.2) is 8.78 Å². The summed E-state index contributed by atoms with van der Waals surface area (Å²) in [6.07, 6.45) is 1.84. The monoisotopic (exact) mass is 549 g/mol. The number of benzene rings is 3. The lowest BCUT2D eigenvalue weighted by Crippen LogP contribution is -2.40. The van der Waals surface area contributed by atoms with E-state index in [1.807, 2.05) is 35.2 Å². The van der Waals surface area contributed by atoms with E-state index in [0.717, 1.165) is 29.5 Å². The van der Waals surface area contributed by atoms with Crippen LogP contribution in [0.3, 0.4) is 0 Å². The Balaban J connectivity index is 1.29. The molecule has 2 heterocycles. The summed E-state index contributed by atoms with van der Waals surface area (Å²) >= 11 is 0. The van der Waals surface area contributed by atoms with Gasteiger partial charge in [0.1, 0.15) is 37.2 Å². The smallest absolute Gasteiger partial charge is 0.253 e. The molecule has 0 radical (unpaired) electrons. The van der Waals surface area contributed by atoms with Crippen LogP contribution in [-0.4, -0.2) is 62.8 Å². The normalized spacial score (nSPS) is 16.2. The van der Waals surface area contributed by atoms with E-state index in [9.17, 15) is 18.4 Å². The van der Waals surface area contributed by atoms with Crippen molar-refractivity contribution in [2.24, 2.45) is 5.92 Å². The molecule has 0 aliphatic carbocycles. The Morgan fingerprint density at radius 3 is 2.55 bits per heavy atom. The van der Waals surface area contributed by atoms with Gasteiger partial charge in [-0.15, -0.1) is 0 Å². The van der Waals surface area contributed by atoms with Crippen molar-refractivity contribution in [2.45, 2.75) is 25.2 Å². The number of carbonyl (C=O) groups is 2. The zero-order valence-corrected chi connectivity index (χ0v) is 22.3. The Labute approximate surface area is 232 Å². The maximum Gasteiger partial charge on any atom is 0.253 e. The number of halogens is 2. The average molecular weight is 550 g/mol. The Hall–Kier alpha value is -3.78. The van der Waals surface area contributed by atoms with Crippen LogP contribution >= 0.6 is 0 Å². The van der Waals surface area contributed by atoms with Gasteiger partial charge in [-0.1, -0.05) is 24.3 Å². The van der Waals surface area contributed by atoms with E-state index in [0.29, 0.717) is 43.4 Å². The van der Waals surface area contributed by atoms with Crippen molar-refractivity contribution in [2.75, 3.05) is 46.2 Å². The molecule has 0 bridgehead atoms. The predicted molar refractivity (Wildman–Crippen MR) is 146 cm³/mol. The quantitative estimate of drug-likeness (QED) is 0.318. The molecule has 2 aliphatic rings. The van der Waals surface area contributed by atoms with Gasteiger partial charge in [0.25, 0.3) is 5.91 Å². The molecule has 210 valence electrons. The van der Waals surface area contributed by atoms with Crippen molar-refractivity contribution in [1.82, 2.24) is 4.90 Å². The molecule has 5 rings (SSSR count). The van der Waals surface area contributed by atoms with Crippen molar-refractivity contribution < 1.29 is 32.6 Å². The fraction of sp³-hybridized carbons (Fsp3) is 0.375. The Bertz CT molecular complexity index is 1320. The van der Waals surface area contributed by atoms with Gasteiger partial charge in [-0.05, 0) is 72.4 Å². The fourth-order valence-corrected chi connectivity index (χ4v) is 5.61. The fourth-order valence-electron chi connectivity index (χ4n) is 5.61. The number of ketones is 1. The minimum Gasteiger partial charge on any atom is -0.491 e. The standard InChI is InChI=1S/C32H33F2NO5/c33-12-15-38-16-17-39-29-3-1-2-24(20-29)31(22-4-7-27(34)8-5-22)23-10-13-35(14-11-23)32(37)25-6-9-30-26(18-25)19-28(36)21-40-30/h1-9,18,20,23,31H,10-17,19,21H2/t31-/m1/s1. The van der Waals surface area contributed by atoms with E-state index in [1.54, 1.807) is 18.2 Å². The summed E-state index contributed by atoms with van der Waals surface area (Å²) in [5, 5.41) is 0. The summed E-state index contributed by atoms with van der Waals surface area (Å²) in [6.45, 7) is 1.41. The average Bonchev–Trinajstić information content (AvgIpc) is 2.98. The van der Waals surface area contributed by atoms with Crippen LogP contribution in [0, 0.1) is 11.7 Å². The number of rotatable bonds is 10. The number of fused-ring (bicyclic) bond motifs is 1. The van der Waals surface area contributed by atoms with Gasteiger partial charge >= 0.3 is 0 Å². The Kier molecular flexibility index (Phi) is 9.06. The molecule has 3 aromatic rings. The molecule has 0 N–H and O–H groups in total. The van der Waals surface area contributed by atoms with E-state index in [1.165, 1.54) is 12.1 Å². The molecule has 40 heavy (non-hydrogen) atoms. The number of likely N-dealkylation sites (tertiary alicyclic amines) is 1. The summed E-state index contributed by atoms with van der Waals surface area (Å²) in [5.41, 5.74) is 3.38. The van der Waals surface area contributed by atoms with Crippen LogP contribution in [0.1, 0.15) is 45.8 Å². The van der Waals surface area contributed by atoms with Crippen molar-refractivity contribution in [3.05, 3.63) is 94.8 Å². The van der Waals surface area contributed by atoms with Crippen LogP contribution in [-0.2, 0) is 16.0 Å². The third-order valence-corrected chi connectivity index (χ3v) is 7.55. The second-order valence-electron chi connectivity index (χ2n) is 10.2. The lowest BCUT2D eigenvalue weighted by Gasteiger charge is -2.37. The second kappa shape index (κ2) is 13.0. The van der Waals surface area contributed by atoms with Crippen LogP contribution < -0.4 is 9.47 Å². The largest absolute Gasteiger partial charge is 0.491 e. The molecule has 2 aliphatic heterocycles. The maximum atomic E-state index is 13.8. The molecular weight excluding hydrogens is 516 g/mol. The number of nitrogens with zero attached hydrogens (tertiary/aromatic N) is 1. The number of amides is 1. The van der Waals surface area contributed by atoms with Gasteiger partial charge in [0, 0.05) is 36.6 Å². The number of ether oxygens (including phenoxy) is 3. The van der Waals surface area contributed by atoms with Gasteiger partial charge in [0.2, 0.25) is 0 Å². The number of piperidine rings is 1. The first-order valence-corrected chi connectivity index (χ1v) is 13.7. The number of carbonyl (C=O) groups excluding carboxylic acids is 2. The Morgan fingerprint density at radius 2 is 1.77 bits per heavy atom. The van der Waals surface area contributed by atoms with Gasteiger partial charge in [0.15, 0.2) is 5.78 Å². The summed E-state index contributed by atoms with van der Waals surface area (Å²) in [4.78, 5) is 27.0. The lowest BCUT2D eigenvalue weighted by molar-refractivity contribution is -0.121. The minimum absolute atomic E-state index is 0.00362. The second-order valence-corrected chi connectivity index (χ2v) is 10.2. The molecular formula is C32H33F2NO5. The predicted octanol–water partition coefficient (Wildman–Crippen LogP) is 5.38. The van der Waals surface area contributed by atoms with Crippen LogP contribution in [0.15, 0.2) is 66.7 Å². The van der Waals surface area contributed by atoms with Crippen molar-refractivity contribution in [3.8, 4) is 11.5 Å². The van der Waals surface area contributed by atoms with Crippen LogP contribution in [0.4, 0.5) is 8.78 Å². The molecule has 8 heteroatoms. The maximum absolute atomic E-state index is 13.8. The van der Waals surface area contributed by atoms with Gasteiger partial charge in [-0.2, -0.15) is 0 Å². The third-order valence-electron chi connectivity index (χ3n) is 7.55. The van der Waals surface area contributed by atoms with Gasteiger partial charge in [-0.3, -0.25) is 9.59 Å². The molecule has 0 unspecified atom stereocenters. The van der Waals surface area contributed by atoms with E-state index in [-0.39, 0.29) is 49.0 Å². The highest BCUT2D eigenvalue weighted by atomic mass is 19.1. The van der Waals surface area contributed by atoms with Crippen molar-refractivity contribution in [1.29, 1.82) is 0 Å². The zero-order chi connectivity index (χ0) is 27.9. The van der Waals surface area contributed by atoms with Gasteiger partial charge < -0.3 is 19.1 Å². The van der Waals surface area contributed by atoms with Gasteiger partial charge in [0.05, 0.1) is 13.2 Å². The number of hydrogen-bond donors (Lipinski definition) is 0. The molecule has 0 spiro atoms. The molecule has 1 fully saturated rings. The van der Waals surface area contributed by atoms with Crippen molar-refractivity contribution >= 4 is 11.7 Å².